The summed E-state index contributed by atoms with van der Waals surface area (Å²) in [7, 11) is 0. The van der Waals surface area contributed by atoms with Crippen LogP contribution in [0.3, 0.4) is 0 Å². The molecule has 0 aliphatic carbocycles. The van der Waals surface area contributed by atoms with Crippen molar-refractivity contribution in [2.75, 3.05) is 18.4 Å². The first-order valence-electron chi connectivity index (χ1n) is 7.43. The summed E-state index contributed by atoms with van der Waals surface area (Å²) >= 11 is 0. The van der Waals surface area contributed by atoms with Gasteiger partial charge in [-0.15, -0.1) is 24.8 Å². The van der Waals surface area contributed by atoms with Gasteiger partial charge in [0.25, 0.3) is 5.91 Å². The van der Waals surface area contributed by atoms with Crippen molar-refractivity contribution in [1.29, 1.82) is 0 Å². The molecule has 1 amide bonds. The minimum Gasteiger partial charge on any atom is -0.368 e. The van der Waals surface area contributed by atoms with Gasteiger partial charge >= 0.3 is 0 Å². The van der Waals surface area contributed by atoms with Crippen LogP contribution in [-0.2, 0) is 0 Å². The smallest absolute Gasteiger partial charge is 0.275 e. The third kappa shape index (κ3) is 3.92. The molecule has 6 nitrogen and oxygen atoms in total. The van der Waals surface area contributed by atoms with E-state index in [2.05, 4.69) is 20.6 Å². The van der Waals surface area contributed by atoms with E-state index in [1.165, 1.54) is 0 Å². The van der Waals surface area contributed by atoms with Gasteiger partial charge in [0.05, 0.1) is 6.54 Å². The second kappa shape index (κ2) is 8.00. The van der Waals surface area contributed by atoms with Crippen molar-refractivity contribution >= 4 is 47.9 Å². The number of rotatable bonds is 3. The van der Waals surface area contributed by atoms with Crippen molar-refractivity contribution in [2.24, 2.45) is 4.99 Å². The molecule has 3 aromatic rings. The minimum absolute atomic E-state index is 0. The van der Waals surface area contributed by atoms with Crippen molar-refractivity contribution < 1.29 is 4.79 Å². The maximum absolute atomic E-state index is 12.3. The quantitative estimate of drug-likeness (QED) is 0.736. The van der Waals surface area contributed by atoms with Crippen LogP contribution in [0, 0.1) is 0 Å². The van der Waals surface area contributed by atoms with E-state index in [-0.39, 0.29) is 30.7 Å². The Hall–Kier alpha value is -2.57. The second-order valence-electron chi connectivity index (χ2n) is 5.29. The molecule has 0 radical (unpaired) electrons. The number of hydrogen-bond donors (Lipinski definition) is 2. The van der Waals surface area contributed by atoms with Gasteiger partial charge in [-0.25, -0.2) is 4.98 Å². The Morgan fingerprint density at radius 2 is 1.88 bits per heavy atom. The molecular formula is C17H17Cl2N5O. The van der Waals surface area contributed by atoms with Crippen LogP contribution in [0.4, 0.5) is 5.69 Å². The monoisotopic (exact) mass is 377 g/mol. The Morgan fingerprint density at radius 1 is 1.08 bits per heavy atom. The largest absolute Gasteiger partial charge is 0.368 e. The molecule has 0 saturated heterocycles. The molecule has 2 aromatic heterocycles. The number of amides is 1. The van der Waals surface area contributed by atoms with E-state index in [4.69, 9.17) is 0 Å². The maximum Gasteiger partial charge on any atom is 0.275 e. The number of anilines is 1. The van der Waals surface area contributed by atoms with Crippen molar-refractivity contribution in [1.82, 2.24) is 14.7 Å². The van der Waals surface area contributed by atoms with Crippen molar-refractivity contribution in [3.63, 3.8) is 0 Å². The summed E-state index contributed by atoms with van der Waals surface area (Å²) in [5, 5.41) is 6.07. The number of halogens is 2. The van der Waals surface area contributed by atoms with Gasteiger partial charge in [0.1, 0.15) is 17.2 Å². The van der Waals surface area contributed by atoms with Gasteiger partial charge in [0, 0.05) is 30.2 Å². The fourth-order valence-corrected chi connectivity index (χ4v) is 2.55. The highest BCUT2D eigenvalue weighted by molar-refractivity contribution is 6.03. The molecule has 3 heterocycles. The van der Waals surface area contributed by atoms with Gasteiger partial charge < -0.3 is 15.0 Å². The van der Waals surface area contributed by atoms with Crippen LogP contribution in [0.15, 0.2) is 59.9 Å². The predicted octanol–water partition coefficient (Wildman–Crippen LogP) is 2.78. The molecule has 0 bridgehead atoms. The van der Waals surface area contributed by atoms with Crippen molar-refractivity contribution in [3.8, 4) is 0 Å². The van der Waals surface area contributed by atoms with E-state index >= 15 is 0 Å². The van der Waals surface area contributed by atoms with E-state index in [1.807, 2.05) is 53.1 Å². The van der Waals surface area contributed by atoms with E-state index in [0.29, 0.717) is 5.69 Å². The number of nitrogens with zero attached hydrogens (tertiary/aromatic N) is 3. The zero-order chi connectivity index (χ0) is 15.6. The van der Waals surface area contributed by atoms with E-state index in [9.17, 15) is 4.79 Å². The highest BCUT2D eigenvalue weighted by Gasteiger charge is 2.13. The van der Waals surface area contributed by atoms with Crippen LogP contribution in [0.5, 0.6) is 0 Å². The number of carbonyl (C=O) groups excluding carboxylic acids is 1. The van der Waals surface area contributed by atoms with Gasteiger partial charge in [-0.05, 0) is 24.3 Å². The molecule has 1 aliphatic heterocycles. The molecule has 25 heavy (non-hydrogen) atoms. The number of hydrogen-bond acceptors (Lipinski definition) is 4. The summed E-state index contributed by atoms with van der Waals surface area (Å²) in [6.45, 7) is 1.66. The molecule has 0 spiro atoms. The zero-order valence-electron chi connectivity index (χ0n) is 13.2. The van der Waals surface area contributed by atoms with Gasteiger partial charge in [-0.1, -0.05) is 18.2 Å². The van der Waals surface area contributed by atoms with Crippen LogP contribution in [0.1, 0.15) is 16.1 Å². The first kappa shape index (κ1) is 18.8. The third-order valence-electron chi connectivity index (χ3n) is 3.66. The summed E-state index contributed by atoms with van der Waals surface area (Å²) in [6, 6.07) is 13.2. The van der Waals surface area contributed by atoms with Gasteiger partial charge in [0.2, 0.25) is 0 Å². The molecule has 0 atom stereocenters. The summed E-state index contributed by atoms with van der Waals surface area (Å²) < 4.78 is 1.84. The Labute approximate surface area is 157 Å². The summed E-state index contributed by atoms with van der Waals surface area (Å²) in [6.07, 6.45) is 3.66. The normalized spacial score (nSPS) is 12.6. The fourth-order valence-electron chi connectivity index (χ4n) is 2.55. The molecule has 130 valence electrons. The number of fused-ring (bicyclic) bond motifs is 1. The highest BCUT2D eigenvalue weighted by Crippen LogP contribution is 2.12. The lowest BCUT2D eigenvalue weighted by atomic mass is 10.2. The number of imidazole rings is 1. The molecule has 1 aromatic carbocycles. The van der Waals surface area contributed by atoms with Gasteiger partial charge in [0.15, 0.2) is 0 Å². The average Bonchev–Trinajstić information content (AvgIpc) is 3.24. The van der Waals surface area contributed by atoms with E-state index < -0.39 is 0 Å². The van der Waals surface area contributed by atoms with Crippen LogP contribution < -0.4 is 10.6 Å². The molecular weight excluding hydrogens is 361 g/mol. The van der Waals surface area contributed by atoms with Gasteiger partial charge in [-0.2, -0.15) is 0 Å². The third-order valence-corrected chi connectivity index (χ3v) is 3.66. The Morgan fingerprint density at radius 3 is 2.60 bits per heavy atom. The number of aliphatic imine (C=N–C) groups is 1. The van der Waals surface area contributed by atoms with Crippen LogP contribution in [0.2, 0.25) is 0 Å². The lowest BCUT2D eigenvalue weighted by Gasteiger charge is -2.02. The number of benzene rings is 1. The Kier molecular flexibility index (Phi) is 6.01. The fraction of sp³-hybridized carbons (Fsp3) is 0.118. The number of nitrogens with one attached hydrogen (secondary N) is 2. The van der Waals surface area contributed by atoms with Crippen LogP contribution >= 0.6 is 24.8 Å². The van der Waals surface area contributed by atoms with Crippen molar-refractivity contribution in [3.05, 3.63) is 66.1 Å². The Bertz CT molecular complexity index is 908. The topological polar surface area (TPSA) is 70.8 Å². The second-order valence-corrected chi connectivity index (χ2v) is 5.29. The first-order valence-corrected chi connectivity index (χ1v) is 7.43. The zero-order valence-corrected chi connectivity index (χ0v) is 14.8. The number of amidine groups is 1. The predicted molar refractivity (Wildman–Crippen MR) is 103 cm³/mol. The first-order chi connectivity index (χ1) is 11.3. The molecule has 0 saturated carbocycles. The SMILES string of the molecule is Cl.Cl.O=C(Nc1ccccc1)c1cn2cc(C3=NCCN3)ccc2n1. The standard InChI is InChI=1S/C17H15N5O.2ClH/c23-17(20-13-4-2-1-3-5-13)14-11-22-10-12(6-7-15(22)21-14)16-18-8-9-19-16;;/h1-7,10-11H,8-9H2,(H,18,19)(H,20,23);2*1H. The number of para-hydroxylation sites is 1. The summed E-state index contributed by atoms with van der Waals surface area (Å²) in [5.74, 6) is 0.661. The lowest BCUT2D eigenvalue weighted by molar-refractivity contribution is 0.102. The molecule has 8 heteroatoms. The molecule has 0 fully saturated rings. The Balaban J connectivity index is 0.00000113. The minimum atomic E-state index is -0.224. The lowest BCUT2D eigenvalue weighted by Crippen LogP contribution is -2.19. The highest BCUT2D eigenvalue weighted by atomic mass is 35.5. The van der Waals surface area contributed by atoms with Gasteiger partial charge in [-0.3, -0.25) is 9.79 Å². The molecule has 2 N–H and O–H groups in total. The average molecular weight is 378 g/mol. The van der Waals surface area contributed by atoms with Crippen molar-refractivity contribution in [2.45, 2.75) is 0 Å². The van der Waals surface area contributed by atoms with E-state index in [1.54, 1.807) is 6.20 Å². The van der Waals surface area contributed by atoms with E-state index in [0.717, 1.165) is 35.8 Å². The number of pyridine rings is 1. The van der Waals surface area contributed by atoms with Crippen LogP contribution in [0.25, 0.3) is 5.65 Å². The number of carbonyl (C=O) groups is 1. The molecule has 1 aliphatic rings. The summed E-state index contributed by atoms with van der Waals surface area (Å²) in [4.78, 5) is 21.1. The number of aromatic nitrogens is 2. The molecule has 4 rings (SSSR count). The van der Waals surface area contributed by atoms with Crippen LogP contribution in [-0.4, -0.2) is 34.2 Å². The molecule has 0 unspecified atom stereocenters. The summed E-state index contributed by atoms with van der Waals surface area (Å²) in [5.41, 5.74) is 2.85. The maximum atomic E-state index is 12.3.